The molecule has 0 heterocycles. The van der Waals surface area contributed by atoms with Crippen molar-refractivity contribution in [2.75, 3.05) is 19.4 Å². The third kappa shape index (κ3) is 4.13. The van der Waals surface area contributed by atoms with Crippen molar-refractivity contribution in [3.05, 3.63) is 16.6 Å². The second-order valence-electron chi connectivity index (χ2n) is 3.73. The predicted octanol–water partition coefficient (Wildman–Crippen LogP) is 1.73. The van der Waals surface area contributed by atoms with Crippen LogP contribution in [0.15, 0.2) is 21.5 Å². The molecule has 0 fully saturated rings. The summed E-state index contributed by atoms with van der Waals surface area (Å²) in [6.45, 7) is 0.270. The van der Waals surface area contributed by atoms with E-state index in [1.165, 1.54) is 19.2 Å². The van der Waals surface area contributed by atoms with Crippen LogP contribution >= 0.6 is 15.9 Å². The van der Waals surface area contributed by atoms with Crippen molar-refractivity contribution in [2.45, 2.75) is 17.7 Å². The molecular formula is C12H15BrN2O3S. The molecule has 1 aromatic carbocycles. The Bertz CT molecular complexity index is 594. The van der Waals surface area contributed by atoms with Crippen molar-refractivity contribution in [2.24, 2.45) is 0 Å². The summed E-state index contributed by atoms with van der Waals surface area (Å²) in [5.74, 6) is 2.67. The van der Waals surface area contributed by atoms with E-state index in [0.29, 0.717) is 23.0 Å². The fourth-order valence-electron chi connectivity index (χ4n) is 1.40. The van der Waals surface area contributed by atoms with E-state index in [0.717, 1.165) is 0 Å². The summed E-state index contributed by atoms with van der Waals surface area (Å²) in [6, 6.07) is 2.87. The van der Waals surface area contributed by atoms with E-state index in [2.05, 4.69) is 26.6 Å². The van der Waals surface area contributed by atoms with Crippen LogP contribution in [0.1, 0.15) is 12.8 Å². The topological polar surface area (TPSA) is 81.4 Å². The highest BCUT2D eigenvalue weighted by Gasteiger charge is 2.20. The Hall–Kier alpha value is -1.23. The average Bonchev–Trinajstić information content (AvgIpc) is 2.37. The van der Waals surface area contributed by atoms with E-state index < -0.39 is 10.0 Å². The lowest BCUT2D eigenvalue weighted by atomic mass is 10.3. The summed E-state index contributed by atoms with van der Waals surface area (Å²) in [4.78, 5) is 0.0106. The molecule has 0 aliphatic carbocycles. The van der Waals surface area contributed by atoms with Crippen molar-refractivity contribution >= 4 is 31.6 Å². The number of rotatable bonds is 6. The number of nitrogen functional groups attached to an aromatic ring is 1. The number of hydrogen-bond acceptors (Lipinski definition) is 4. The molecule has 7 heteroatoms. The molecular weight excluding hydrogens is 332 g/mol. The van der Waals surface area contributed by atoms with Crippen molar-refractivity contribution in [1.29, 1.82) is 0 Å². The number of ether oxygens (including phenoxy) is 1. The minimum atomic E-state index is -3.67. The van der Waals surface area contributed by atoms with E-state index in [1.54, 1.807) is 0 Å². The molecule has 0 aliphatic heterocycles. The van der Waals surface area contributed by atoms with Crippen molar-refractivity contribution in [3.63, 3.8) is 0 Å². The Morgan fingerprint density at radius 2 is 2.21 bits per heavy atom. The van der Waals surface area contributed by atoms with Crippen LogP contribution in [-0.4, -0.2) is 22.1 Å². The van der Waals surface area contributed by atoms with Gasteiger partial charge in [0.05, 0.1) is 7.11 Å². The quantitative estimate of drug-likeness (QED) is 0.467. The molecule has 19 heavy (non-hydrogen) atoms. The lowest BCUT2D eigenvalue weighted by molar-refractivity contribution is 0.402. The predicted molar refractivity (Wildman–Crippen MR) is 78.4 cm³/mol. The number of hydrogen-bond donors (Lipinski definition) is 2. The number of terminal acetylenes is 1. The average molecular weight is 347 g/mol. The lowest BCUT2D eigenvalue weighted by Gasteiger charge is -2.12. The van der Waals surface area contributed by atoms with E-state index in [1.807, 2.05) is 0 Å². The van der Waals surface area contributed by atoms with Crippen LogP contribution < -0.4 is 15.2 Å². The number of unbranched alkanes of at least 4 members (excludes halogenated alkanes) is 1. The lowest BCUT2D eigenvalue weighted by Crippen LogP contribution is -2.25. The van der Waals surface area contributed by atoms with Gasteiger partial charge in [0.15, 0.2) is 0 Å². The first-order chi connectivity index (χ1) is 8.92. The molecule has 0 amide bonds. The van der Waals surface area contributed by atoms with Crippen molar-refractivity contribution < 1.29 is 13.2 Å². The Kier molecular flexibility index (Phi) is 5.66. The first-order valence-corrected chi connectivity index (χ1v) is 7.76. The maximum absolute atomic E-state index is 12.1. The van der Waals surface area contributed by atoms with Gasteiger partial charge in [-0.25, -0.2) is 13.1 Å². The van der Waals surface area contributed by atoms with E-state index in [4.69, 9.17) is 16.9 Å². The Morgan fingerprint density at radius 1 is 1.53 bits per heavy atom. The highest BCUT2D eigenvalue weighted by Crippen LogP contribution is 2.32. The van der Waals surface area contributed by atoms with Crippen LogP contribution in [0.4, 0.5) is 5.69 Å². The minimum absolute atomic E-state index is 0.0106. The van der Waals surface area contributed by atoms with Crippen LogP contribution in [0, 0.1) is 12.3 Å². The number of benzene rings is 1. The second kappa shape index (κ2) is 6.80. The monoisotopic (exact) mass is 346 g/mol. The van der Waals surface area contributed by atoms with Crippen molar-refractivity contribution in [1.82, 2.24) is 4.72 Å². The van der Waals surface area contributed by atoms with Gasteiger partial charge in [0.25, 0.3) is 0 Å². The van der Waals surface area contributed by atoms with Crippen LogP contribution in [0.25, 0.3) is 0 Å². The molecule has 0 spiro atoms. The highest BCUT2D eigenvalue weighted by atomic mass is 79.9. The number of anilines is 1. The molecule has 0 unspecified atom stereocenters. The summed E-state index contributed by atoms with van der Waals surface area (Å²) in [6.07, 6.45) is 6.19. The van der Waals surface area contributed by atoms with Gasteiger partial charge < -0.3 is 10.5 Å². The molecule has 0 bridgehead atoms. The smallest absolute Gasteiger partial charge is 0.244 e. The summed E-state index contributed by atoms with van der Waals surface area (Å²) in [5.41, 5.74) is 6.02. The Labute approximate surface area is 121 Å². The zero-order chi connectivity index (χ0) is 14.5. The summed E-state index contributed by atoms with van der Waals surface area (Å²) >= 11 is 3.22. The SMILES string of the molecule is C#CCCCNS(=O)(=O)c1cc(N)c(Br)cc1OC. The molecule has 0 atom stereocenters. The molecule has 5 nitrogen and oxygen atoms in total. The molecule has 1 rings (SSSR count). The summed E-state index contributed by atoms with van der Waals surface area (Å²) in [7, 11) is -2.27. The molecule has 0 saturated carbocycles. The molecule has 0 aliphatic rings. The van der Waals surface area contributed by atoms with Gasteiger partial charge in [0, 0.05) is 23.1 Å². The number of sulfonamides is 1. The van der Waals surface area contributed by atoms with Gasteiger partial charge in [-0.2, -0.15) is 0 Å². The zero-order valence-electron chi connectivity index (χ0n) is 10.4. The first-order valence-electron chi connectivity index (χ1n) is 5.48. The summed E-state index contributed by atoms with van der Waals surface area (Å²) in [5, 5.41) is 0. The molecule has 0 radical (unpaired) electrons. The van der Waals surface area contributed by atoms with Crippen LogP contribution in [0.2, 0.25) is 0 Å². The van der Waals surface area contributed by atoms with Crippen LogP contribution in [0.3, 0.4) is 0 Å². The van der Waals surface area contributed by atoms with Gasteiger partial charge in [-0.1, -0.05) is 0 Å². The molecule has 104 valence electrons. The van der Waals surface area contributed by atoms with Gasteiger partial charge in [0.2, 0.25) is 10.0 Å². The minimum Gasteiger partial charge on any atom is -0.495 e. The fraction of sp³-hybridized carbons (Fsp3) is 0.333. The summed E-state index contributed by atoms with van der Waals surface area (Å²) < 4.78 is 32.3. The maximum Gasteiger partial charge on any atom is 0.244 e. The van der Waals surface area contributed by atoms with Crippen molar-refractivity contribution in [3.8, 4) is 18.1 Å². The number of halogens is 1. The number of nitrogens with one attached hydrogen (secondary N) is 1. The highest BCUT2D eigenvalue weighted by molar-refractivity contribution is 9.10. The van der Waals surface area contributed by atoms with E-state index >= 15 is 0 Å². The molecule has 3 N–H and O–H groups in total. The number of methoxy groups -OCH3 is 1. The first kappa shape index (κ1) is 15.8. The van der Waals surface area contributed by atoms with Gasteiger partial charge in [-0.05, 0) is 34.5 Å². The molecule has 1 aromatic rings. The maximum atomic E-state index is 12.1. The van der Waals surface area contributed by atoms with Gasteiger partial charge in [-0.15, -0.1) is 12.3 Å². The second-order valence-corrected chi connectivity index (χ2v) is 6.32. The fourth-order valence-corrected chi connectivity index (χ4v) is 2.98. The van der Waals surface area contributed by atoms with E-state index in [-0.39, 0.29) is 17.2 Å². The van der Waals surface area contributed by atoms with E-state index in [9.17, 15) is 8.42 Å². The normalized spacial score (nSPS) is 11.0. The van der Waals surface area contributed by atoms with Gasteiger partial charge >= 0.3 is 0 Å². The molecule has 0 saturated heterocycles. The van der Waals surface area contributed by atoms with Crippen LogP contribution in [-0.2, 0) is 10.0 Å². The zero-order valence-corrected chi connectivity index (χ0v) is 12.8. The standard InChI is InChI=1S/C12H15BrN2O3S/c1-3-4-5-6-15-19(16,17)12-8-10(14)9(13)7-11(12)18-2/h1,7-8,15H,4-6,14H2,2H3. The third-order valence-electron chi connectivity index (χ3n) is 2.36. The van der Waals surface area contributed by atoms with Gasteiger partial charge in [-0.3, -0.25) is 0 Å². The molecule has 0 aromatic heterocycles. The Morgan fingerprint density at radius 3 is 2.79 bits per heavy atom. The Balaban J connectivity index is 3.01. The number of nitrogens with two attached hydrogens (primary N) is 1. The van der Waals surface area contributed by atoms with Crippen LogP contribution in [0.5, 0.6) is 5.75 Å². The van der Waals surface area contributed by atoms with Gasteiger partial charge in [0.1, 0.15) is 10.6 Å². The largest absolute Gasteiger partial charge is 0.495 e. The third-order valence-corrected chi connectivity index (χ3v) is 4.53.